The van der Waals surface area contributed by atoms with Crippen molar-refractivity contribution < 1.29 is 4.79 Å². The van der Waals surface area contributed by atoms with Crippen molar-refractivity contribution in [3.63, 3.8) is 0 Å². The Morgan fingerprint density at radius 3 is 3.14 bits per heavy atom. The van der Waals surface area contributed by atoms with Gasteiger partial charge in [0.2, 0.25) is 5.95 Å². The van der Waals surface area contributed by atoms with Gasteiger partial charge in [-0.3, -0.25) is 4.79 Å². The summed E-state index contributed by atoms with van der Waals surface area (Å²) in [6, 6.07) is 0. The summed E-state index contributed by atoms with van der Waals surface area (Å²) in [6.07, 6.45) is 5.42. The number of carbonyl (C=O) groups excluding carboxylic acids is 1. The Bertz CT molecular complexity index is 332. The molecule has 0 N–H and O–H groups in total. The van der Waals surface area contributed by atoms with Crippen LogP contribution in [0, 0.1) is 0 Å². The number of aryl methyl sites for hydroxylation is 1. The molecule has 1 fully saturated rings. The summed E-state index contributed by atoms with van der Waals surface area (Å²) in [5.41, 5.74) is 0. The van der Waals surface area contributed by atoms with E-state index < -0.39 is 0 Å². The molecule has 1 aromatic heterocycles. The predicted molar refractivity (Wildman–Crippen MR) is 54.4 cm³/mol. The van der Waals surface area contributed by atoms with Gasteiger partial charge < -0.3 is 9.47 Å². The van der Waals surface area contributed by atoms with Crippen LogP contribution >= 0.6 is 0 Å². The number of ketones is 1. The first-order valence-corrected chi connectivity index (χ1v) is 5.09. The van der Waals surface area contributed by atoms with Crippen molar-refractivity contribution >= 4 is 11.7 Å². The maximum Gasteiger partial charge on any atom is 0.205 e. The molecule has 2 heterocycles. The van der Waals surface area contributed by atoms with E-state index in [1.54, 1.807) is 6.20 Å². The Morgan fingerprint density at radius 2 is 2.43 bits per heavy atom. The van der Waals surface area contributed by atoms with Gasteiger partial charge in [-0.05, 0) is 13.3 Å². The standard InChI is InChI=1S/C10H15N3O/c1-2-12-7-5-11-10(12)13-6-3-4-9(14)8-13/h5,7H,2-4,6,8H2,1H3. The third kappa shape index (κ3) is 1.64. The molecule has 2 rings (SSSR count). The Hall–Kier alpha value is -1.32. The third-order valence-corrected chi connectivity index (χ3v) is 2.57. The molecule has 0 aromatic carbocycles. The molecule has 4 heteroatoms. The molecule has 0 saturated carbocycles. The van der Waals surface area contributed by atoms with Crippen molar-refractivity contribution in [2.75, 3.05) is 18.0 Å². The van der Waals surface area contributed by atoms with E-state index in [0.29, 0.717) is 12.3 Å². The second-order valence-electron chi connectivity index (χ2n) is 3.58. The van der Waals surface area contributed by atoms with Crippen LogP contribution < -0.4 is 4.90 Å². The van der Waals surface area contributed by atoms with Gasteiger partial charge in [-0.25, -0.2) is 4.98 Å². The molecule has 0 radical (unpaired) electrons. The maximum absolute atomic E-state index is 11.3. The van der Waals surface area contributed by atoms with Crippen molar-refractivity contribution in [1.82, 2.24) is 9.55 Å². The van der Waals surface area contributed by atoms with Gasteiger partial charge in [-0.1, -0.05) is 0 Å². The highest BCUT2D eigenvalue weighted by Gasteiger charge is 2.19. The maximum atomic E-state index is 11.3. The van der Waals surface area contributed by atoms with Gasteiger partial charge in [-0.2, -0.15) is 0 Å². The molecule has 1 saturated heterocycles. The van der Waals surface area contributed by atoms with Crippen LogP contribution in [0.5, 0.6) is 0 Å². The molecule has 14 heavy (non-hydrogen) atoms. The molecule has 1 aliphatic rings. The van der Waals surface area contributed by atoms with Crippen LogP contribution in [-0.2, 0) is 11.3 Å². The number of piperidine rings is 1. The average molecular weight is 193 g/mol. The van der Waals surface area contributed by atoms with Gasteiger partial charge in [0.1, 0.15) is 0 Å². The normalized spacial score (nSPS) is 17.5. The Kier molecular flexibility index (Phi) is 2.52. The predicted octanol–water partition coefficient (Wildman–Crippen LogP) is 1.07. The van der Waals surface area contributed by atoms with Gasteiger partial charge >= 0.3 is 0 Å². The van der Waals surface area contributed by atoms with Crippen molar-refractivity contribution in [2.45, 2.75) is 26.3 Å². The van der Waals surface area contributed by atoms with E-state index in [9.17, 15) is 4.79 Å². The monoisotopic (exact) mass is 193 g/mol. The van der Waals surface area contributed by atoms with E-state index in [2.05, 4.69) is 21.4 Å². The van der Waals surface area contributed by atoms with E-state index in [4.69, 9.17) is 0 Å². The zero-order chi connectivity index (χ0) is 9.97. The average Bonchev–Trinajstić information content (AvgIpc) is 2.65. The van der Waals surface area contributed by atoms with Crippen LogP contribution in [0.15, 0.2) is 12.4 Å². The van der Waals surface area contributed by atoms with E-state index in [0.717, 1.165) is 31.9 Å². The van der Waals surface area contributed by atoms with Gasteiger partial charge in [0.25, 0.3) is 0 Å². The zero-order valence-corrected chi connectivity index (χ0v) is 8.44. The number of nitrogens with zero attached hydrogens (tertiary/aromatic N) is 3. The van der Waals surface area contributed by atoms with Crippen LogP contribution in [0.25, 0.3) is 0 Å². The number of rotatable bonds is 2. The zero-order valence-electron chi connectivity index (χ0n) is 8.44. The SMILES string of the molecule is CCn1ccnc1N1CCCC(=O)C1. The quantitative estimate of drug-likeness (QED) is 0.705. The molecule has 0 unspecified atom stereocenters. The molecule has 0 bridgehead atoms. The van der Waals surface area contributed by atoms with Crippen LogP contribution in [-0.4, -0.2) is 28.4 Å². The molecular formula is C10H15N3O. The minimum Gasteiger partial charge on any atom is -0.335 e. The second-order valence-corrected chi connectivity index (χ2v) is 3.58. The van der Waals surface area contributed by atoms with E-state index in [-0.39, 0.29) is 0 Å². The number of carbonyl (C=O) groups is 1. The summed E-state index contributed by atoms with van der Waals surface area (Å²) < 4.78 is 2.07. The number of imidazole rings is 1. The van der Waals surface area contributed by atoms with E-state index in [1.807, 2.05) is 6.20 Å². The molecule has 76 valence electrons. The smallest absolute Gasteiger partial charge is 0.205 e. The van der Waals surface area contributed by atoms with Crippen molar-refractivity contribution in [3.05, 3.63) is 12.4 Å². The summed E-state index contributed by atoms with van der Waals surface area (Å²) in [7, 11) is 0. The van der Waals surface area contributed by atoms with Crippen LogP contribution in [0.4, 0.5) is 5.95 Å². The minimum absolute atomic E-state index is 0.321. The molecule has 4 nitrogen and oxygen atoms in total. The van der Waals surface area contributed by atoms with Gasteiger partial charge in [0.15, 0.2) is 5.78 Å². The molecule has 0 spiro atoms. The summed E-state index contributed by atoms with van der Waals surface area (Å²) in [5.74, 6) is 1.25. The first kappa shape index (κ1) is 9.24. The van der Waals surface area contributed by atoms with Crippen LogP contribution in [0.3, 0.4) is 0 Å². The van der Waals surface area contributed by atoms with Gasteiger partial charge in [0.05, 0.1) is 6.54 Å². The fourth-order valence-electron chi connectivity index (χ4n) is 1.84. The Labute approximate surface area is 83.5 Å². The topological polar surface area (TPSA) is 38.1 Å². The first-order chi connectivity index (χ1) is 6.81. The minimum atomic E-state index is 0.321. The van der Waals surface area contributed by atoms with Crippen molar-refractivity contribution in [3.8, 4) is 0 Å². The van der Waals surface area contributed by atoms with Crippen LogP contribution in [0.2, 0.25) is 0 Å². The lowest BCUT2D eigenvalue weighted by atomic mass is 10.1. The van der Waals surface area contributed by atoms with Crippen molar-refractivity contribution in [1.29, 1.82) is 0 Å². The Morgan fingerprint density at radius 1 is 1.57 bits per heavy atom. The fourth-order valence-corrected chi connectivity index (χ4v) is 1.84. The fraction of sp³-hybridized carbons (Fsp3) is 0.600. The lowest BCUT2D eigenvalue weighted by molar-refractivity contribution is -0.118. The number of anilines is 1. The molecule has 1 aliphatic heterocycles. The second kappa shape index (κ2) is 3.82. The van der Waals surface area contributed by atoms with Gasteiger partial charge in [0, 0.05) is 31.9 Å². The summed E-state index contributed by atoms with van der Waals surface area (Å²) in [6.45, 7) is 4.46. The number of hydrogen-bond donors (Lipinski definition) is 0. The summed E-state index contributed by atoms with van der Waals surface area (Å²) >= 11 is 0. The number of Topliss-reactive ketones (excluding diaryl/α,β-unsaturated/α-hetero) is 1. The Balaban J connectivity index is 2.17. The molecular weight excluding hydrogens is 178 g/mol. The largest absolute Gasteiger partial charge is 0.335 e. The lowest BCUT2D eigenvalue weighted by Gasteiger charge is -2.27. The van der Waals surface area contributed by atoms with E-state index >= 15 is 0 Å². The van der Waals surface area contributed by atoms with Crippen molar-refractivity contribution in [2.24, 2.45) is 0 Å². The van der Waals surface area contributed by atoms with Gasteiger partial charge in [-0.15, -0.1) is 0 Å². The summed E-state index contributed by atoms with van der Waals surface area (Å²) in [5, 5.41) is 0. The number of hydrogen-bond acceptors (Lipinski definition) is 3. The van der Waals surface area contributed by atoms with Crippen LogP contribution in [0.1, 0.15) is 19.8 Å². The number of aromatic nitrogens is 2. The van der Waals surface area contributed by atoms with E-state index in [1.165, 1.54) is 0 Å². The molecule has 0 atom stereocenters. The third-order valence-electron chi connectivity index (χ3n) is 2.57. The lowest BCUT2D eigenvalue weighted by Crippen LogP contribution is -2.37. The molecule has 0 aliphatic carbocycles. The highest BCUT2D eigenvalue weighted by molar-refractivity contribution is 5.84. The highest BCUT2D eigenvalue weighted by Crippen LogP contribution is 2.15. The molecule has 1 aromatic rings. The first-order valence-electron chi connectivity index (χ1n) is 5.09. The molecule has 0 amide bonds. The highest BCUT2D eigenvalue weighted by atomic mass is 16.1. The summed E-state index contributed by atoms with van der Waals surface area (Å²) in [4.78, 5) is 17.6.